The van der Waals surface area contributed by atoms with Gasteiger partial charge in [-0.3, -0.25) is 9.59 Å². The number of anilines is 1. The van der Waals surface area contributed by atoms with Gasteiger partial charge >= 0.3 is 5.97 Å². The monoisotopic (exact) mass is 392 g/mol. The number of ether oxygens (including phenoxy) is 1. The molecule has 0 atom stereocenters. The second-order valence-electron chi connectivity index (χ2n) is 5.82. The van der Waals surface area contributed by atoms with Gasteiger partial charge in [-0.05, 0) is 43.2 Å². The zero-order valence-corrected chi connectivity index (χ0v) is 16.2. The lowest BCUT2D eigenvalue weighted by Crippen LogP contribution is -2.24. The Morgan fingerprint density at radius 1 is 1.15 bits per heavy atom. The third kappa shape index (κ3) is 4.91. The molecule has 0 aliphatic rings. The molecule has 2 amide bonds. The number of thiophene rings is 1. The van der Waals surface area contributed by atoms with Crippen molar-refractivity contribution in [2.45, 2.75) is 26.7 Å². The first-order chi connectivity index (χ1) is 12.9. The maximum atomic E-state index is 13.0. The highest BCUT2D eigenvalue weighted by Crippen LogP contribution is 2.34. The number of amides is 2. The van der Waals surface area contributed by atoms with E-state index in [1.54, 1.807) is 6.92 Å². The van der Waals surface area contributed by atoms with Crippen LogP contribution >= 0.6 is 11.3 Å². The Balaban J connectivity index is 2.32. The van der Waals surface area contributed by atoms with E-state index in [0.717, 1.165) is 24.2 Å². The number of unbranched alkanes of at least 4 members (excludes halogenated alkanes) is 1. The van der Waals surface area contributed by atoms with Crippen LogP contribution in [0.3, 0.4) is 0 Å². The van der Waals surface area contributed by atoms with Crippen LogP contribution in [-0.4, -0.2) is 31.4 Å². The van der Waals surface area contributed by atoms with E-state index in [2.05, 4.69) is 10.6 Å². The maximum absolute atomic E-state index is 13.0. The summed E-state index contributed by atoms with van der Waals surface area (Å²) < 4.78 is 17.8. The molecule has 0 radical (unpaired) electrons. The SMILES string of the molecule is CCCCNC(=O)c1sc(NC(=O)c2ccc(F)cc2)c(C(=O)OC)c1C. The molecular weight excluding hydrogens is 371 g/mol. The highest BCUT2D eigenvalue weighted by Gasteiger charge is 2.26. The molecule has 0 unspecified atom stereocenters. The fraction of sp³-hybridized carbons (Fsp3) is 0.316. The third-order valence-electron chi connectivity index (χ3n) is 3.89. The smallest absolute Gasteiger partial charge is 0.341 e. The van der Waals surface area contributed by atoms with E-state index in [4.69, 9.17) is 4.74 Å². The Bertz CT molecular complexity index is 846. The fourth-order valence-electron chi connectivity index (χ4n) is 2.40. The summed E-state index contributed by atoms with van der Waals surface area (Å²) in [6, 6.07) is 5.01. The molecule has 144 valence electrons. The number of hydrogen-bond acceptors (Lipinski definition) is 5. The zero-order chi connectivity index (χ0) is 20.0. The van der Waals surface area contributed by atoms with Crippen LogP contribution in [-0.2, 0) is 4.74 Å². The van der Waals surface area contributed by atoms with Gasteiger partial charge in [-0.2, -0.15) is 0 Å². The van der Waals surface area contributed by atoms with Crippen molar-refractivity contribution in [2.75, 3.05) is 19.0 Å². The number of carbonyl (C=O) groups excluding carboxylic acids is 3. The van der Waals surface area contributed by atoms with E-state index in [9.17, 15) is 18.8 Å². The van der Waals surface area contributed by atoms with Gasteiger partial charge in [-0.15, -0.1) is 11.3 Å². The molecule has 2 aromatic rings. The van der Waals surface area contributed by atoms with Gasteiger partial charge in [0.1, 0.15) is 10.8 Å². The molecule has 0 fully saturated rings. The van der Waals surface area contributed by atoms with Gasteiger partial charge in [0.25, 0.3) is 11.8 Å². The minimum absolute atomic E-state index is 0.138. The molecule has 0 aliphatic heterocycles. The quantitative estimate of drug-likeness (QED) is 0.555. The van der Waals surface area contributed by atoms with Crippen molar-refractivity contribution in [3.05, 3.63) is 51.7 Å². The molecule has 27 heavy (non-hydrogen) atoms. The van der Waals surface area contributed by atoms with Gasteiger partial charge in [0.05, 0.1) is 17.6 Å². The van der Waals surface area contributed by atoms with E-state index in [0.29, 0.717) is 17.0 Å². The first-order valence-electron chi connectivity index (χ1n) is 8.45. The number of rotatable bonds is 7. The molecule has 2 N–H and O–H groups in total. The second-order valence-corrected chi connectivity index (χ2v) is 6.84. The molecule has 6 nitrogen and oxygen atoms in total. The Kier molecular flexibility index (Phi) is 7.06. The van der Waals surface area contributed by atoms with Crippen LogP contribution in [0.15, 0.2) is 24.3 Å². The summed E-state index contributed by atoms with van der Waals surface area (Å²) >= 11 is 1.00. The van der Waals surface area contributed by atoms with Crippen LogP contribution in [0.2, 0.25) is 0 Å². The first kappa shape index (κ1) is 20.6. The Morgan fingerprint density at radius 2 is 1.81 bits per heavy atom. The Labute approximate surface area is 160 Å². The average Bonchev–Trinajstić information content (AvgIpc) is 2.97. The van der Waals surface area contributed by atoms with E-state index >= 15 is 0 Å². The van der Waals surface area contributed by atoms with Gasteiger partial charge in [-0.1, -0.05) is 13.3 Å². The van der Waals surface area contributed by atoms with Gasteiger partial charge in [0.15, 0.2) is 0 Å². The molecule has 0 spiro atoms. The Morgan fingerprint density at radius 3 is 2.41 bits per heavy atom. The lowest BCUT2D eigenvalue weighted by molar-refractivity contribution is 0.0601. The average molecular weight is 392 g/mol. The zero-order valence-electron chi connectivity index (χ0n) is 15.3. The lowest BCUT2D eigenvalue weighted by atomic mass is 10.1. The number of benzene rings is 1. The second kappa shape index (κ2) is 9.27. The molecule has 0 aliphatic carbocycles. The number of nitrogens with one attached hydrogen (secondary N) is 2. The molecule has 8 heteroatoms. The van der Waals surface area contributed by atoms with Gasteiger partial charge < -0.3 is 15.4 Å². The topological polar surface area (TPSA) is 84.5 Å². The highest BCUT2D eigenvalue weighted by atomic mass is 32.1. The number of esters is 1. The van der Waals surface area contributed by atoms with E-state index < -0.39 is 17.7 Å². The first-order valence-corrected chi connectivity index (χ1v) is 9.27. The molecule has 1 heterocycles. The van der Waals surface area contributed by atoms with Gasteiger partial charge in [0.2, 0.25) is 0 Å². The van der Waals surface area contributed by atoms with Crippen molar-refractivity contribution in [1.82, 2.24) is 5.32 Å². The minimum Gasteiger partial charge on any atom is -0.465 e. The van der Waals surface area contributed by atoms with Crippen LogP contribution in [0, 0.1) is 12.7 Å². The standard InChI is InChI=1S/C19H21FN2O4S/c1-4-5-10-21-17(24)15-11(2)14(19(25)26-3)18(27-15)22-16(23)12-6-8-13(20)9-7-12/h6-9H,4-5,10H2,1-3H3,(H,21,24)(H,22,23). The highest BCUT2D eigenvalue weighted by molar-refractivity contribution is 7.18. The maximum Gasteiger partial charge on any atom is 0.341 e. The molecule has 1 aromatic heterocycles. The summed E-state index contributed by atoms with van der Waals surface area (Å²) in [7, 11) is 1.23. The summed E-state index contributed by atoms with van der Waals surface area (Å²) in [5.74, 6) is -1.93. The summed E-state index contributed by atoms with van der Waals surface area (Å²) in [5.41, 5.74) is 0.807. The van der Waals surface area contributed by atoms with Crippen molar-refractivity contribution < 1.29 is 23.5 Å². The van der Waals surface area contributed by atoms with E-state index in [-0.39, 0.29) is 22.0 Å². The van der Waals surface area contributed by atoms with Crippen LogP contribution in [0.4, 0.5) is 9.39 Å². The van der Waals surface area contributed by atoms with Crippen molar-refractivity contribution in [3.8, 4) is 0 Å². The summed E-state index contributed by atoms with van der Waals surface area (Å²) in [6.07, 6.45) is 1.78. The molecular formula is C19H21FN2O4S. The van der Waals surface area contributed by atoms with Gasteiger partial charge in [-0.25, -0.2) is 9.18 Å². The molecule has 0 saturated carbocycles. The van der Waals surface area contributed by atoms with Crippen LogP contribution in [0.1, 0.15) is 55.7 Å². The van der Waals surface area contributed by atoms with E-state index in [1.807, 2.05) is 6.92 Å². The Hall–Kier alpha value is -2.74. The predicted molar refractivity (Wildman–Crippen MR) is 102 cm³/mol. The predicted octanol–water partition coefficient (Wildman–Crippen LogP) is 3.76. The number of halogens is 1. The van der Waals surface area contributed by atoms with Crippen LogP contribution in [0.5, 0.6) is 0 Å². The number of hydrogen-bond donors (Lipinski definition) is 2. The molecule has 1 aromatic carbocycles. The minimum atomic E-state index is -0.647. The van der Waals surface area contributed by atoms with Crippen molar-refractivity contribution in [1.29, 1.82) is 0 Å². The molecule has 2 rings (SSSR count). The lowest BCUT2D eigenvalue weighted by Gasteiger charge is -2.06. The third-order valence-corrected chi connectivity index (χ3v) is 5.10. The normalized spacial score (nSPS) is 10.4. The van der Waals surface area contributed by atoms with E-state index in [1.165, 1.54) is 31.4 Å². The van der Waals surface area contributed by atoms with Crippen molar-refractivity contribution >= 4 is 34.1 Å². The number of methoxy groups -OCH3 is 1. The van der Waals surface area contributed by atoms with Crippen molar-refractivity contribution in [2.24, 2.45) is 0 Å². The fourth-order valence-corrected chi connectivity index (χ4v) is 3.51. The summed E-state index contributed by atoms with van der Waals surface area (Å²) in [4.78, 5) is 37.3. The molecule has 0 bridgehead atoms. The van der Waals surface area contributed by atoms with Gasteiger partial charge in [0, 0.05) is 12.1 Å². The summed E-state index contributed by atoms with van der Waals surface area (Å²) in [6.45, 7) is 4.17. The largest absolute Gasteiger partial charge is 0.465 e. The number of carbonyl (C=O) groups is 3. The summed E-state index contributed by atoms with van der Waals surface area (Å²) in [5, 5.41) is 5.63. The van der Waals surface area contributed by atoms with Crippen molar-refractivity contribution in [3.63, 3.8) is 0 Å². The van der Waals surface area contributed by atoms with Crippen LogP contribution in [0.25, 0.3) is 0 Å². The van der Waals surface area contributed by atoms with Crippen LogP contribution < -0.4 is 10.6 Å². The molecule has 0 saturated heterocycles.